The molecule has 1 aromatic rings. The van der Waals surface area contributed by atoms with Crippen molar-refractivity contribution in [1.82, 2.24) is 4.90 Å². The van der Waals surface area contributed by atoms with E-state index >= 15 is 0 Å². The number of amides is 1. The average Bonchev–Trinajstić information content (AvgIpc) is 2.37. The van der Waals surface area contributed by atoms with Crippen molar-refractivity contribution in [2.75, 3.05) is 13.1 Å². The summed E-state index contributed by atoms with van der Waals surface area (Å²) in [6.45, 7) is 1.05. The second-order valence-corrected chi connectivity index (χ2v) is 5.71. The highest BCUT2D eigenvalue weighted by atomic mass is 31.0. The number of hydrogen-bond donors (Lipinski definition) is 0. The number of halogens is 3. The molecule has 0 aliphatic carbocycles. The summed E-state index contributed by atoms with van der Waals surface area (Å²) in [6, 6.07) is 4.68. The fourth-order valence-corrected chi connectivity index (χ4v) is 3.20. The lowest BCUT2D eigenvalue weighted by Gasteiger charge is -2.33. The summed E-state index contributed by atoms with van der Waals surface area (Å²) >= 11 is 0. The van der Waals surface area contributed by atoms with Crippen LogP contribution in [0, 0.1) is 0 Å². The Bertz CT molecular complexity index is 513. The van der Waals surface area contributed by atoms with Crippen LogP contribution in [0.15, 0.2) is 18.2 Å². The van der Waals surface area contributed by atoms with E-state index in [4.69, 9.17) is 0 Å². The molecule has 0 bridgehead atoms. The Labute approximate surface area is 119 Å². The number of carbonyl (C=O) groups is 1. The molecule has 1 fully saturated rings. The Morgan fingerprint density at radius 2 is 1.90 bits per heavy atom. The van der Waals surface area contributed by atoms with Gasteiger partial charge in [0.15, 0.2) is 5.81 Å². The molecule has 7 heteroatoms. The van der Waals surface area contributed by atoms with E-state index in [0.29, 0.717) is 31.5 Å². The molecule has 1 saturated heterocycles. The van der Waals surface area contributed by atoms with Gasteiger partial charge in [-0.3, -0.25) is 4.79 Å². The second kappa shape index (κ2) is 5.76. The fraction of sp³-hybridized carbons (Fsp3) is 0.462. The molecule has 108 valence electrons. The first-order valence-electron chi connectivity index (χ1n) is 6.51. The topological polar surface area (TPSA) is 20.3 Å². The van der Waals surface area contributed by atoms with E-state index in [9.17, 15) is 18.0 Å². The van der Waals surface area contributed by atoms with Gasteiger partial charge in [-0.2, -0.15) is 13.2 Å². The van der Waals surface area contributed by atoms with Crippen molar-refractivity contribution >= 4 is 28.2 Å². The minimum absolute atomic E-state index is 0.0145. The van der Waals surface area contributed by atoms with E-state index in [1.54, 1.807) is 17.0 Å². The van der Waals surface area contributed by atoms with Gasteiger partial charge in [-0.05, 0) is 29.6 Å². The van der Waals surface area contributed by atoms with E-state index in [2.05, 4.69) is 9.24 Å². The average molecular weight is 301 g/mol. The Kier molecular flexibility index (Phi) is 4.43. The first kappa shape index (κ1) is 15.4. The number of nitrogens with zero attached hydrogens (tertiary/aromatic N) is 1. The van der Waals surface area contributed by atoms with Crippen LogP contribution in [-0.2, 0) is 6.18 Å². The highest BCUT2D eigenvalue weighted by molar-refractivity contribution is 7.27. The number of likely N-dealkylation sites (tertiary alicyclic amines) is 1. The molecule has 0 spiro atoms. The molecule has 1 amide bonds. The highest BCUT2D eigenvalue weighted by Gasteiger charge is 2.37. The Morgan fingerprint density at radius 1 is 1.30 bits per heavy atom. The van der Waals surface area contributed by atoms with Gasteiger partial charge in [0, 0.05) is 13.1 Å². The van der Waals surface area contributed by atoms with Crippen molar-refractivity contribution in [3.63, 3.8) is 0 Å². The largest absolute Gasteiger partial charge is 0.417 e. The molecule has 1 heterocycles. The highest BCUT2D eigenvalue weighted by Crippen LogP contribution is 2.38. The SMILES string of the molecule is BC(=O)N1CCC(c2cccc(P)c2C(F)(F)F)CC1. The first-order valence-corrected chi connectivity index (χ1v) is 7.09. The summed E-state index contributed by atoms with van der Waals surface area (Å²) in [4.78, 5) is 13.0. The standard InChI is InChI=1S/C13H16BF3NOP/c14-12(19)18-6-4-8(5-7-18)9-2-1-3-10(20)11(9)13(15,16)17/h1-3,8H,4-7,14,20H2. The molecule has 1 aliphatic heterocycles. The number of benzene rings is 1. The monoisotopic (exact) mass is 301 g/mol. The molecule has 20 heavy (non-hydrogen) atoms. The molecule has 1 atom stereocenters. The Balaban J connectivity index is 2.27. The normalized spacial score (nSPS) is 17.3. The van der Waals surface area contributed by atoms with Gasteiger partial charge in [0.2, 0.25) is 7.85 Å². The zero-order valence-electron chi connectivity index (χ0n) is 11.2. The van der Waals surface area contributed by atoms with Crippen LogP contribution in [0.5, 0.6) is 0 Å². The molecule has 2 nitrogen and oxygen atoms in total. The summed E-state index contributed by atoms with van der Waals surface area (Å²) in [7, 11) is 3.66. The molecule has 1 unspecified atom stereocenters. The van der Waals surface area contributed by atoms with E-state index < -0.39 is 11.7 Å². The summed E-state index contributed by atoms with van der Waals surface area (Å²) in [6.07, 6.45) is -3.18. The van der Waals surface area contributed by atoms with Crippen molar-refractivity contribution in [3.05, 3.63) is 29.3 Å². The zero-order valence-corrected chi connectivity index (χ0v) is 12.4. The first-order chi connectivity index (χ1) is 9.30. The van der Waals surface area contributed by atoms with Gasteiger partial charge in [-0.1, -0.05) is 18.2 Å². The molecule has 2 rings (SSSR count). The van der Waals surface area contributed by atoms with E-state index in [0.717, 1.165) is 0 Å². The smallest absolute Gasteiger partial charge is 0.352 e. The zero-order chi connectivity index (χ0) is 14.9. The third kappa shape index (κ3) is 3.17. The molecule has 0 saturated carbocycles. The number of rotatable bonds is 1. The summed E-state index contributed by atoms with van der Waals surface area (Å²) in [5, 5.41) is 0.184. The predicted octanol–water partition coefficient (Wildman–Crippen LogP) is 2.14. The van der Waals surface area contributed by atoms with Crippen molar-refractivity contribution in [2.45, 2.75) is 24.9 Å². The maximum Gasteiger partial charge on any atom is 0.417 e. The molecular weight excluding hydrogens is 285 g/mol. The number of carbonyl (C=O) groups excluding carboxylic acids is 1. The van der Waals surface area contributed by atoms with Crippen molar-refractivity contribution in [2.24, 2.45) is 0 Å². The quantitative estimate of drug-likeness (QED) is 0.575. The lowest BCUT2D eigenvalue weighted by Crippen LogP contribution is -2.37. The second-order valence-electron chi connectivity index (χ2n) is 5.09. The number of hydrogen-bond acceptors (Lipinski definition) is 1. The third-order valence-electron chi connectivity index (χ3n) is 3.79. The van der Waals surface area contributed by atoms with Gasteiger partial charge in [-0.15, -0.1) is 9.24 Å². The Morgan fingerprint density at radius 3 is 2.40 bits per heavy atom. The van der Waals surface area contributed by atoms with Gasteiger partial charge < -0.3 is 4.90 Å². The molecular formula is C13H16BF3NOP. The minimum atomic E-state index is -4.34. The van der Waals surface area contributed by atoms with Crippen LogP contribution in [0.2, 0.25) is 0 Å². The van der Waals surface area contributed by atoms with Crippen molar-refractivity contribution in [1.29, 1.82) is 0 Å². The van der Waals surface area contributed by atoms with Gasteiger partial charge in [0.05, 0.1) is 5.56 Å². The predicted molar refractivity (Wildman–Crippen MR) is 78.3 cm³/mol. The van der Waals surface area contributed by atoms with E-state index in [1.165, 1.54) is 13.9 Å². The van der Waals surface area contributed by atoms with Crippen LogP contribution in [0.1, 0.15) is 29.9 Å². The van der Waals surface area contributed by atoms with Crippen LogP contribution in [0.25, 0.3) is 0 Å². The summed E-state index contributed by atoms with van der Waals surface area (Å²) in [5.41, 5.74) is -0.181. The van der Waals surface area contributed by atoms with Gasteiger partial charge in [-0.25, -0.2) is 0 Å². The molecule has 0 N–H and O–H groups in total. The molecule has 1 aliphatic rings. The number of alkyl halides is 3. The van der Waals surface area contributed by atoms with Crippen LogP contribution in [0.3, 0.4) is 0 Å². The van der Waals surface area contributed by atoms with Crippen LogP contribution < -0.4 is 5.30 Å². The van der Waals surface area contributed by atoms with Crippen LogP contribution in [-0.4, -0.2) is 31.6 Å². The lowest BCUT2D eigenvalue weighted by atomic mass is 9.85. The third-order valence-corrected chi connectivity index (χ3v) is 4.27. The van der Waals surface area contributed by atoms with Crippen molar-refractivity contribution in [3.8, 4) is 0 Å². The maximum absolute atomic E-state index is 13.2. The minimum Gasteiger partial charge on any atom is -0.352 e. The summed E-state index contributed by atoms with van der Waals surface area (Å²) in [5.74, 6) is -0.151. The molecule has 0 aromatic heterocycles. The van der Waals surface area contributed by atoms with Crippen LogP contribution >= 0.6 is 9.24 Å². The molecule has 1 aromatic carbocycles. The lowest BCUT2D eigenvalue weighted by molar-refractivity contribution is -0.137. The maximum atomic E-state index is 13.2. The van der Waals surface area contributed by atoms with E-state index in [1.807, 2.05) is 0 Å². The Hall–Kier alpha value is -1.03. The van der Waals surface area contributed by atoms with Gasteiger partial charge in [0.1, 0.15) is 0 Å². The van der Waals surface area contributed by atoms with Gasteiger partial charge in [0.25, 0.3) is 0 Å². The van der Waals surface area contributed by atoms with Gasteiger partial charge >= 0.3 is 6.18 Å². The fourth-order valence-electron chi connectivity index (χ4n) is 2.76. The molecule has 0 radical (unpaired) electrons. The van der Waals surface area contributed by atoms with Crippen LogP contribution in [0.4, 0.5) is 18.0 Å². The summed E-state index contributed by atoms with van der Waals surface area (Å²) < 4.78 is 39.6. The van der Waals surface area contributed by atoms with E-state index in [-0.39, 0.29) is 17.0 Å². The van der Waals surface area contributed by atoms with Crippen molar-refractivity contribution < 1.29 is 18.0 Å². The number of piperidine rings is 1.